The Morgan fingerprint density at radius 3 is 2.79 bits per heavy atom. The Labute approximate surface area is 115 Å². The summed E-state index contributed by atoms with van der Waals surface area (Å²) in [5.41, 5.74) is 0.365. The zero-order valence-corrected chi connectivity index (χ0v) is 12.4. The molecule has 0 aliphatic heterocycles. The first-order valence-electron chi connectivity index (χ1n) is 7.05. The van der Waals surface area contributed by atoms with E-state index in [1.165, 1.54) is 5.69 Å². The fourth-order valence-corrected chi connectivity index (χ4v) is 2.84. The summed E-state index contributed by atoms with van der Waals surface area (Å²) in [5, 5.41) is 14.0. The molecule has 4 heteroatoms. The topological polar surface area (TPSA) is 46.4 Å². The highest BCUT2D eigenvalue weighted by atomic mass is 16.5. The van der Waals surface area contributed by atoms with Crippen molar-refractivity contribution >= 4 is 0 Å². The second kappa shape index (κ2) is 5.27. The Hall–Kier alpha value is -0.840. The van der Waals surface area contributed by atoms with E-state index in [0.717, 1.165) is 6.54 Å². The summed E-state index contributed by atoms with van der Waals surface area (Å²) in [6.45, 7) is 8.26. The van der Waals surface area contributed by atoms with Crippen LogP contribution >= 0.6 is 0 Å². The van der Waals surface area contributed by atoms with Gasteiger partial charge in [-0.05, 0) is 19.1 Å². The van der Waals surface area contributed by atoms with Crippen molar-refractivity contribution in [2.75, 3.05) is 13.2 Å². The van der Waals surface area contributed by atoms with Crippen LogP contribution in [0.3, 0.4) is 0 Å². The molecule has 2 N–H and O–H groups in total. The lowest BCUT2D eigenvalue weighted by atomic mass is 9.56. The van der Waals surface area contributed by atoms with Crippen LogP contribution < -0.4 is 5.32 Å². The van der Waals surface area contributed by atoms with E-state index in [1.807, 2.05) is 26.2 Å². The molecule has 4 nitrogen and oxygen atoms in total. The number of nitrogens with zero attached hydrogens (tertiary/aromatic N) is 1. The highest BCUT2D eigenvalue weighted by Gasteiger charge is 2.59. The molecule has 108 valence electrons. The summed E-state index contributed by atoms with van der Waals surface area (Å²) in [5.74, 6) is 0. The predicted molar refractivity (Wildman–Crippen MR) is 75.9 cm³/mol. The number of aliphatic hydroxyl groups is 1. The molecule has 0 bridgehead atoms. The minimum Gasteiger partial charge on any atom is -0.388 e. The molecule has 2 rings (SSSR count). The molecule has 0 unspecified atom stereocenters. The third kappa shape index (κ3) is 2.57. The van der Waals surface area contributed by atoms with Crippen molar-refractivity contribution < 1.29 is 9.84 Å². The van der Waals surface area contributed by atoms with Crippen LogP contribution in [0.1, 0.15) is 32.9 Å². The van der Waals surface area contributed by atoms with E-state index in [0.29, 0.717) is 19.6 Å². The van der Waals surface area contributed by atoms with Crippen molar-refractivity contribution in [2.45, 2.75) is 45.4 Å². The molecular formula is C15H26N2O2. The first kappa shape index (κ1) is 14.6. The van der Waals surface area contributed by atoms with Gasteiger partial charge in [-0.1, -0.05) is 13.8 Å². The average molecular weight is 266 g/mol. The standard InChI is InChI=1S/C15H26N2O2/c1-5-19-13-9-15(18,14(13,2)3)11-16-10-12-7-6-8-17(12)4/h6-8,13,16,18H,5,9-11H2,1-4H3/t13-,15-/m0/s1. The fraction of sp³-hybridized carbons (Fsp3) is 0.733. The van der Waals surface area contributed by atoms with Crippen LogP contribution in [0, 0.1) is 5.41 Å². The van der Waals surface area contributed by atoms with Gasteiger partial charge in [0.05, 0.1) is 11.7 Å². The molecule has 2 atom stereocenters. The van der Waals surface area contributed by atoms with Crippen LogP contribution in [-0.4, -0.2) is 34.5 Å². The molecule has 0 aromatic carbocycles. The quantitative estimate of drug-likeness (QED) is 0.823. The van der Waals surface area contributed by atoms with Gasteiger partial charge in [0.1, 0.15) is 0 Å². The second-order valence-electron chi connectivity index (χ2n) is 6.12. The second-order valence-corrected chi connectivity index (χ2v) is 6.12. The Bertz CT molecular complexity index is 428. The Balaban J connectivity index is 1.85. The zero-order chi connectivity index (χ0) is 14.1. The van der Waals surface area contributed by atoms with E-state index in [1.54, 1.807) is 0 Å². The third-order valence-corrected chi connectivity index (χ3v) is 4.67. The number of rotatable bonds is 6. The van der Waals surface area contributed by atoms with Crippen molar-refractivity contribution in [3.05, 3.63) is 24.0 Å². The molecule has 0 saturated heterocycles. The van der Waals surface area contributed by atoms with Crippen LogP contribution in [-0.2, 0) is 18.3 Å². The molecule has 19 heavy (non-hydrogen) atoms. The van der Waals surface area contributed by atoms with Gasteiger partial charge in [0, 0.05) is 50.5 Å². The molecule has 1 fully saturated rings. The maximum absolute atomic E-state index is 10.7. The highest BCUT2D eigenvalue weighted by Crippen LogP contribution is 2.50. The smallest absolute Gasteiger partial charge is 0.0871 e. The molecule has 1 aliphatic rings. The third-order valence-electron chi connectivity index (χ3n) is 4.67. The van der Waals surface area contributed by atoms with Crippen LogP contribution in [0.4, 0.5) is 0 Å². The van der Waals surface area contributed by atoms with E-state index in [9.17, 15) is 5.11 Å². The summed E-state index contributed by atoms with van der Waals surface area (Å²) < 4.78 is 7.76. The average Bonchev–Trinajstić information content (AvgIpc) is 2.75. The first-order valence-corrected chi connectivity index (χ1v) is 7.05. The summed E-state index contributed by atoms with van der Waals surface area (Å²) in [6.07, 6.45) is 2.91. The molecule has 1 aliphatic carbocycles. The van der Waals surface area contributed by atoms with Gasteiger partial charge in [-0.25, -0.2) is 0 Å². The molecule has 1 aromatic heterocycles. The van der Waals surface area contributed by atoms with Crippen molar-refractivity contribution in [3.63, 3.8) is 0 Å². The molecule has 0 amide bonds. The predicted octanol–water partition coefficient (Wildman–Crippen LogP) is 1.68. The summed E-state index contributed by atoms with van der Waals surface area (Å²) in [4.78, 5) is 0. The normalized spacial score (nSPS) is 29.2. The summed E-state index contributed by atoms with van der Waals surface area (Å²) >= 11 is 0. The lowest BCUT2D eigenvalue weighted by Crippen LogP contribution is -2.68. The number of nitrogens with one attached hydrogen (secondary N) is 1. The van der Waals surface area contributed by atoms with Gasteiger partial charge < -0.3 is 19.7 Å². The van der Waals surface area contributed by atoms with Crippen LogP contribution in [0.2, 0.25) is 0 Å². The SMILES string of the molecule is CCO[C@H]1C[C@](O)(CNCc2cccn2C)C1(C)C. The van der Waals surface area contributed by atoms with Gasteiger partial charge in [-0.2, -0.15) is 0 Å². The van der Waals surface area contributed by atoms with Gasteiger partial charge >= 0.3 is 0 Å². The maximum Gasteiger partial charge on any atom is 0.0871 e. The summed E-state index contributed by atoms with van der Waals surface area (Å²) in [7, 11) is 2.03. The van der Waals surface area contributed by atoms with Crippen molar-refractivity contribution in [2.24, 2.45) is 12.5 Å². The van der Waals surface area contributed by atoms with Crippen molar-refractivity contribution in [1.82, 2.24) is 9.88 Å². The van der Waals surface area contributed by atoms with E-state index < -0.39 is 5.60 Å². The van der Waals surface area contributed by atoms with Crippen LogP contribution in [0.15, 0.2) is 18.3 Å². The van der Waals surface area contributed by atoms with Crippen molar-refractivity contribution in [1.29, 1.82) is 0 Å². The molecule has 0 radical (unpaired) electrons. The van der Waals surface area contributed by atoms with Crippen molar-refractivity contribution in [3.8, 4) is 0 Å². The number of aromatic nitrogens is 1. The highest BCUT2D eigenvalue weighted by molar-refractivity contribution is 5.12. The molecule has 1 heterocycles. The Morgan fingerprint density at radius 2 is 2.26 bits per heavy atom. The number of aryl methyl sites for hydroxylation is 1. The van der Waals surface area contributed by atoms with Gasteiger partial charge in [-0.3, -0.25) is 0 Å². The zero-order valence-electron chi connectivity index (χ0n) is 12.4. The molecule has 1 aromatic rings. The van der Waals surface area contributed by atoms with Gasteiger partial charge in [0.15, 0.2) is 0 Å². The van der Waals surface area contributed by atoms with Gasteiger partial charge in [0.2, 0.25) is 0 Å². The fourth-order valence-electron chi connectivity index (χ4n) is 2.84. The Kier molecular flexibility index (Phi) is 4.04. The van der Waals surface area contributed by atoms with Crippen LogP contribution in [0.5, 0.6) is 0 Å². The maximum atomic E-state index is 10.7. The lowest BCUT2D eigenvalue weighted by Gasteiger charge is -2.58. The first-order chi connectivity index (χ1) is 8.90. The molecule has 0 spiro atoms. The molecular weight excluding hydrogens is 240 g/mol. The van der Waals surface area contributed by atoms with E-state index in [-0.39, 0.29) is 11.5 Å². The van der Waals surface area contributed by atoms with Gasteiger partial charge in [-0.15, -0.1) is 0 Å². The van der Waals surface area contributed by atoms with Gasteiger partial charge in [0.25, 0.3) is 0 Å². The Morgan fingerprint density at radius 1 is 1.53 bits per heavy atom. The van der Waals surface area contributed by atoms with E-state index in [4.69, 9.17) is 4.74 Å². The molecule has 1 saturated carbocycles. The largest absolute Gasteiger partial charge is 0.388 e. The number of ether oxygens (including phenoxy) is 1. The minimum atomic E-state index is -0.669. The van der Waals surface area contributed by atoms with Crippen LogP contribution in [0.25, 0.3) is 0 Å². The van der Waals surface area contributed by atoms with E-state index >= 15 is 0 Å². The number of hydrogen-bond acceptors (Lipinski definition) is 3. The van der Waals surface area contributed by atoms with E-state index in [2.05, 4.69) is 29.8 Å². The summed E-state index contributed by atoms with van der Waals surface area (Å²) in [6, 6.07) is 4.12. The number of hydrogen-bond donors (Lipinski definition) is 2. The minimum absolute atomic E-state index is 0.166. The lowest BCUT2D eigenvalue weighted by molar-refractivity contribution is -0.238. The monoisotopic (exact) mass is 266 g/mol.